The van der Waals surface area contributed by atoms with Gasteiger partial charge in [0, 0.05) is 67.8 Å². The first kappa shape index (κ1) is 39.2. The lowest BCUT2D eigenvalue weighted by Crippen LogP contribution is -2.50. The predicted octanol–water partition coefficient (Wildman–Crippen LogP) is 7.48. The molecular weight excluding hydrogens is 712 g/mol. The summed E-state index contributed by atoms with van der Waals surface area (Å²) >= 11 is 0. The highest BCUT2D eigenvalue weighted by Gasteiger charge is 2.65. The molecule has 1 saturated heterocycles. The van der Waals surface area contributed by atoms with Crippen LogP contribution in [0.3, 0.4) is 0 Å². The Bertz CT molecular complexity index is 2050. The van der Waals surface area contributed by atoms with Gasteiger partial charge in [-0.3, -0.25) is 19.5 Å². The van der Waals surface area contributed by atoms with Gasteiger partial charge in [-0.1, -0.05) is 13.8 Å². The third kappa shape index (κ3) is 9.42. The van der Waals surface area contributed by atoms with Crippen molar-refractivity contribution in [3.63, 3.8) is 0 Å². The first-order valence-corrected chi connectivity index (χ1v) is 18.3. The molecule has 2 N–H and O–H groups in total. The highest BCUT2D eigenvalue weighted by atomic mass is 19.1. The summed E-state index contributed by atoms with van der Waals surface area (Å²) < 4.78 is 51.9. The van der Waals surface area contributed by atoms with Crippen LogP contribution >= 0.6 is 0 Å². The number of anilines is 2. The quantitative estimate of drug-likeness (QED) is 0.141. The Labute approximate surface area is 319 Å². The molecule has 0 spiro atoms. The number of hydrogen-bond donors (Lipinski definition) is 2. The number of carbonyl (C=O) groups is 3. The SMILES string of the molecule is COc1cc2c(Oc3ccc(NC(=O)[C@H]4[C@@H](C(=O)Nc5ccc(F)cc5)C4(C)C)cc3F)ccnc2cc1OCCCN1CCN(C(=O)OC(C)(C)C)CC1. The fraction of sp³-hybridized carbons (Fsp3) is 0.415. The standard InChI is InChI=1S/C41H47F2N5O7/c1-40(2,3)55-39(51)48-19-17-47(18-20-48)16-7-21-53-34-24-30-28(23-33(34)52-6)31(14-15-44-30)54-32-13-12-27(22-29(32)43)46-38(50)36-35(41(36,4)5)37(49)45-26-10-8-25(42)9-11-26/h8-15,22-24,35-36H,7,16-21H2,1-6H3,(H,45,49)(H,46,50)/t35-,36+/m0/s1. The molecular formula is C41H47F2N5O7. The second-order valence-corrected chi connectivity index (χ2v) is 15.3. The van der Waals surface area contributed by atoms with Gasteiger partial charge >= 0.3 is 6.09 Å². The van der Waals surface area contributed by atoms with Gasteiger partial charge in [-0.2, -0.15) is 0 Å². The number of nitrogens with zero attached hydrogens (tertiary/aromatic N) is 3. The topological polar surface area (TPSA) is 132 Å². The minimum atomic E-state index is -0.707. The van der Waals surface area contributed by atoms with Gasteiger partial charge in [0.1, 0.15) is 17.2 Å². The van der Waals surface area contributed by atoms with Crippen LogP contribution in [0.5, 0.6) is 23.0 Å². The molecule has 2 aliphatic rings. The number of nitrogens with one attached hydrogen (secondary N) is 2. The van der Waals surface area contributed by atoms with Gasteiger partial charge in [-0.15, -0.1) is 0 Å². The minimum absolute atomic E-state index is 0.0694. The summed E-state index contributed by atoms with van der Waals surface area (Å²) in [5, 5.41) is 6.03. The fourth-order valence-electron chi connectivity index (χ4n) is 6.81. The number of halogens is 2. The third-order valence-corrected chi connectivity index (χ3v) is 9.81. The monoisotopic (exact) mass is 759 g/mol. The average molecular weight is 760 g/mol. The van der Waals surface area contributed by atoms with Gasteiger partial charge in [0.2, 0.25) is 11.8 Å². The number of rotatable bonds is 12. The van der Waals surface area contributed by atoms with E-state index in [9.17, 15) is 18.8 Å². The molecule has 2 fully saturated rings. The maximum Gasteiger partial charge on any atom is 0.410 e. The van der Waals surface area contributed by atoms with E-state index in [4.69, 9.17) is 18.9 Å². The lowest BCUT2D eigenvalue weighted by Gasteiger charge is -2.35. The van der Waals surface area contributed by atoms with Crippen molar-refractivity contribution in [3.8, 4) is 23.0 Å². The molecule has 14 heteroatoms. The second-order valence-electron chi connectivity index (χ2n) is 15.3. The van der Waals surface area contributed by atoms with E-state index in [1.54, 1.807) is 29.3 Å². The Morgan fingerprint density at radius 2 is 1.49 bits per heavy atom. The number of aromatic nitrogens is 1. The van der Waals surface area contributed by atoms with Gasteiger partial charge in [0.05, 0.1) is 31.1 Å². The van der Waals surface area contributed by atoms with E-state index in [1.165, 1.54) is 43.5 Å². The zero-order valence-electron chi connectivity index (χ0n) is 31.9. The molecule has 12 nitrogen and oxygen atoms in total. The maximum atomic E-state index is 15.4. The van der Waals surface area contributed by atoms with Crippen molar-refractivity contribution in [2.24, 2.45) is 17.3 Å². The van der Waals surface area contributed by atoms with E-state index in [-0.39, 0.29) is 23.4 Å². The molecule has 0 radical (unpaired) electrons. The third-order valence-electron chi connectivity index (χ3n) is 9.81. The molecule has 6 rings (SSSR count). The van der Waals surface area contributed by atoms with Gasteiger partial charge in [0.25, 0.3) is 0 Å². The van der Waals surface area contributed by atoms with Gasteiger partial charge in [-0.05, 0) is 81.1 Å². The van der Waals surface area contributed by atoms with Crippen LogP contribution in [0.15, 0.2) is 66.9 Å². The molecule has 1 saturated carbocycles. The molecule has 292 valence electrons. The smallest absolute Gasteiger partial charge is 0.410 e. The molecule has 0 bridgehead atoms. The van der Waals surface area contributed by atoms with E-state index in [0.717, 1.165) is 32.1 Å². The van der Waals surface area contributed by atoms with Crippen LogP contribution in [0.25, 0.3) is 10.9 Å². The van der Waals surface area contributed by atoms with Crippen molar-refractivity contribution in [2.75, 3.05) is 57.1 Å². The number of piperazine rings is 1. The summed E-state index contributed by atoms with van der Waals surface area (Å²) in [4.78, 5) is 47.0. The first-order chi connectivity index (χ1) is 26.1. The number of hydrogen-bond acceptors (Lipinski definition) is 9. The molecule has 0 unspecified atom stereocenters. The Morgan fingerprint density at radius 1 is 0.836 bits per heavy atom. The Balaban J connectivity index is 1.03. The number of ether oxygens (including phenoxy) is 4. The molecule has 55 heavy (non-hydrogen) atoms. The van der Waals surface area contributed by atoms with Crippen LogP contribution in [-0.2, 0) is 14.3 Å². The largest absolute Gasteiger partial charge is 0.493 e. The highest BCUT2D eigenvalue weighted by molar-refractivity contribution is 6.04. The van der Waals surface area contributed by atoms with E-state index in [1.807, 2.05) is 34.6 Å². The molecule has 1 aliphatic carbocycles. The van der Waals surface area contributed by atoms with Crippen LogP contribution in [0.2, 0.25) is 0 Å². The predicted molar refractivity (Wildman–Crippen MR) is 204 cm³/mol. The van der Waals surface area contributed by atoms with E-state index in [0.29, 0.717) is 53.5 Å². The average Bonchev–Trinajstić information content (AvgIpc) is 3.73. The van der Waals surface area contributed by atoms with E-state index >= 15 is 4.39 Å². The number of amides is 3. The first-order valence-electron chi connectivity index (χ1n) is 18.3. The summed E-state index contributed by atoms with van der Waals surface area (Å²) in [7, 11) is 1.53. The second kappa shape index (κ2) is 16.1. The zero-order chi connectivity index (χ0) is 39.5. The zero-order valence-corrected chi connectivity index (χ0v) is 31.9. The molecule has 1 aliphatic heterocycles. The molecule has 2 atom stereocenters. The summed E-state index contributed by atoms with van der Waals surface area (Å²) in [6, 6.07) is 14.6. The van der Waals surface area contributed by atoms with Crippen LogP contribution < -0.4 is 24.8 Å². The van der Waals surface area contributed by atoms with Crippen LogP contribution in [0.1, 0.15) is 41.0 Å². The van der Waals surface area contributed by atoms with Crippen LogP contribution in [-0.4, -0.2) is 84.7 Å². The Hall–Kier alpha value is -5.50. The lowest BCUT2D eigenvalue weighted by molar-refractivity contribution is -0.122. The van der Waals surface area contributed by atoms with E-state index in [2.05, 4.69) is 20.5 Å². The normalized spacial score (nSPS) is 18.0. The number of pyridine rings is 1. The number of fused-ring (bicyclic) bond motifs is 1. The molecule has 2 heterocycles. The lowest BCUT2D eigenvalue weighted by atomic mass is 10.1. The van der Waals surface area contributed by atoms with Gasteiger partial charge in [-0.25, -0.2) is 13.6 Å². The van der Waals surface area contributed by atoms with Gasteiger partial charge in [0.15, 0.2) is 23.1 Å². The number of methoxy groups -OCH3 is 1. The van der Waals surface area contributed by atoms with E-state index < -0.39 is 40.4 Å². The van der Waals surface area contributed by atoms with Crippen molar-refractivity contribution in [1.29, 1.82) is 0 Å². The van der Waals surface area contributed by atoms with Crippen molar-refractivity contribution >= 4 is 40.2 Å². The molecule has 3 amide bonds. The maximum absolute atomic E-state index is 15.4. The number of carbonyl (C=O) groups excluding carboxylic acids is 3. The number of benzene rings is 3. The summed E-state index contributed by atoms with van der Waals surface area (Å²) in [5.74, 6) is -1.92. The van der Waals surface area contributed by atoms with Crippen molar-refractivity contribution in [3.05, 3.63) is 78.5 Å². The summed E-state index contributed by atoms with van der Waals surface area (Å²) in [6.45, 7) is 13.2. The Kier molecular flexibility index (Phi) is 11.5. The molecule has 3 aromatic carbocycles. The van der Waals surface area contributed by atoms with Crippen molar-refractivity contribution in [2.45, 2.75) is 46.6 Å². The van der Waals surface area contributed by atoms with Crippen LogP contribution in [0, 0.1) is 28.9 Å². The fourth-order valence-corrected chi connectivity index (χ4v) is 6.81. The van der Waals surface area contributed by atoms with Crippen molar-refractivity contribution in [1.82, 2.24) is 14.8 Å². The summed E-state index contributed by atoms with van der Waals surface area (Å²) in [6.07, 6.45) is 2.02. The molecule has 1 aromatic heterocycles. The highest BCUT2D eigenvalue weighted by Crippen LogP contribution is 2.59. The van der Waals surface area contributed by atoms with Crippen LogP contribution in [0.4, 0.5) is 25.0 Å². The van der Waals surface area contributed by atoms with Crippen molar-refractivity contribution < 1.29 is 42.1 Å². The molecule has 4 aromatic rings. The minimum Gasteiger partial charge on any atom is -0.493 e. The van der Waals surface area contributed by atoms with Gasteiger partial charge < -0.3 is 34.5 Å². The summed E-state index contributed by atoms with van der Waals surface area (Å²) in [5.41, 5.74) is 0.0373. The Morgan fingerprint density at radius 3 is 2.13 bits per heavy atom.